The first-order chi connectivity index (χ1) is 10.3. The lowest BCUT2D eigenvalue weighted by Gasteiger charge is -2.08. The molecule has 3 nitrogen and oxygen atoms in total. The third-order valence-electron chi connectivity index (χ3n) is 2.92. The Hall–Kier alpha value is -2.94. The number of para-hydroxylation sites is 1. The second kappa shape index (κ2) is 6.01. The highest BCUT2D eigenvalue weighted by Gasteiger charge is 2.00. The van der Waals surface area contributed by atoms with Gasteiger partial charge in [-0.05, 0) is 60.7 Å². The Bertz CT molecular complexity index is 692. The van der Waals surface area contributed by atoms with Crippen LogP contribution in [0.15, 0.2) is 78.9 Å². The Morgan fingerprint density at radius 2 is 0.857 bits per heavy atom. The van der Waals surface area contributed by atoms with Gasteiger partial charge in [0, 0.05) is 5.69 Å². The van der Waals surface area contributed by atoms with Crippen LogP contribution in [-0.2, 0) is 0 Å². The normalized spacial score (nSPS) is 10.1. The van der Waals surface area contributed by atoms with E-state index in [1.165, 1.54) is 0 Å². The smallest absolute Gasteiger partial charge is 0.127 e. The molecule has 3 aromatic carbocycles. The molecule has 0 saturated heterocycles. The minimum atomic E-state index is 0.717. The van der Waals surface area contributed by atoms with Crippen molar-refractivity contribution in [2.24, 2.45) is 0 Å². The van der Waals surface area contributed by atoms with Gasteiger partial charge < -0.3 is 15.2 Å². The summed E-state index contributed by atoms with van der Waals surface area (Å²) in [7, 11) is 0. The standard InChI is InChI=1S/C18H15NO2/c19-14-6-8-16(9-7-14)21-18-12-10-17(11-13-18)20-15-4-2-1-3-5-15/h1-13H,19H2. The van der Waals surface area contributed by atoms with Gasteiger partial charge in [-0.3, -0.25) is 0 Å². The molecular weight excluding hydrogens is 262 g/mol. The minimum absolute atomic E-state index is 0.717. The summed E-state index contributed by atoms with van der Waals surface area (Å²) < 4.78 is 11.5. The van der Waals surface area contributed by atoms with E-state index < -0.39 is 0 Å². The largest absolute Gasteiger partial charge is 0.457 e. The number of anilines is 1. The quantitative estimate of drug-likeness (QED) is 0.693. The summed E-state index contributed by atoms with van der Waals surface area (Å²) in [6.07, 6.45) is 0. The fourth-order valence-corrected chi connectivity index (χ4v) is 1.87. The van der Waals surface area contributed by atoms with Crippen molar-refractivity contribution >= 4 is 5.69 Å². The van der Waals surface area contributed by atoms with Gasteiger partial charge in [0.15, 0.2) is 0 Å². The Morgan fingerprint density at radius 1 is 0.476 bits per heavy atom. The summed E-state index contributed by atoms with van der Waals surface area (Å²) in [5.74, 6) is 3.08. The van der Waals surface area contributed by atoms with Gasteiger partial charge in [-0.25, -0.2) is 0 Å². The molecule has 21 heavy (non-hydrogen) atoms. The summed E-state index contributed by atoms with van der Waals surface area (Å²) in [5.41, 5.74) is 6.36. The number of rotatable bonds is 4. The minimum Gasteiger partial charge on any atom is -0.457 e. The van der Waals surface area contributed by atoms with Crippen LogP contribution in [0.25, 0.3) is 0 Å². The summed E-state index contributed by atoms with van der Waals surface area (Å²) >= 11 is 0. The van der Waals surface area contributed by atoms with Crippen molar-refractivity contribution < 1.29 is 9.47 Å². The highest BCUT2D eigenvalue weighted by Crippen LogP contribution is 2.26. The van der Waals surface area contributed by atoms with E-state index in [1.807, 2.05) is 78.9 Å². The van der Waals surface area contributed by atoms with Crippen LogP contribution >= 0.6 is 0 Å². The molecule has 2 N–H and O–H groups in total. The summed E-state index contributed by atoms with van der Waals surface area (Å²) in [5, 5.41) is 0. The summed E-state index contributed by atoms with van der Waals surface area (Å²) in [6.45, 7) is 0. The van der Waals surface area contributed by atoms with E-state index >= 15 is 0 Å². The molecule has 0 saturated carbocycles. The number of ether oxygens (including phenoxy) is 2. The van der Waals surface area contributed by atoms with Crippen LogP contribution in [0.1, 0.15) is 0 Å². The number of nitrogen functional groups attached to an aromatic ring is 1. The maximum Gasteiger partial charge on any atom is 0.127 e. The van der Waals surface area contributed by atoms with E-state index in [0.717, 1.165) is 23.0 Å². The second-order valence-electron chi connectivity index (χ2n) is 4.56. The van der Waals surface area contributed by atoms with E-state index in [2.05, 4.69) is 0 Å². The number of hydrogen-bond donors (Lipinski definition) is 1. The van der Waals surface area contributed by atoms with Crippen LogP contribution in [0.4, 0.5) is 5.69 Å². The molecule has 0 heterocycles. The van der Waals surface area contributed by atoms with Crippen molar-refractivity contribution in [3.05, 3.63) is 78.9 Å². The Kier molecular flexibility index (Phi) is 3.74. The lowest BCUT2D eigenvalue weighted by Crippen LogP contribution is -1.87. The van der Waals surface area contributed by atoms with Crippen LogP contribution in [0.2, 0.25) is 0 Å². The molecule has 0 aliphatic carbocycles. The van der Waals surface area contributed by atoms with Crippen LogP contribution in [0, 0.1) is 0 Å². The van der Waals surface area contributed by atoms with Gasteiger partial charge >= 0.3 is 0 Å². The van der Waals surface area contributed by atoms with Crippen molar-refractivity contribution in [1.82, 2.24) is 0 Å². The Balaban J connectivity index is 1.68. The molecule has 3 aromatic rings. The molecule has 3 rings (SSSR count). The molecule has 3 heteroatoms. The van der Waals surface area contributed by atoms with Crippen molar-refractivity contribution in [2.45, 2.75) is 0 Å². The monoisotopic (exact) mass is 277 g/mol. The number of hydrogen-bond acceptors (Lipinski definition) is 3. The lowest BCUT2D eigenvalue weighted by atomic mass is 10.3. The van der Waals surface area contributed by atoms with Gasteiger partial charge in [-0.1, -0.05) is 18.2 Å². The number of nitrogens with two attached hydrogens (primary N) is 1. The van der Waals surface area contributed by atoms with Crippen LogP contribution in [0.5, 0.6) is 23.0 Å². The van der Waals surface area contributed by atoms with Crippen LogP contribution in [0.3, 0.4) is 0 Å². The summed E-state index contributed by atoms with van der Waals surface area (Å²) in [6, 6.07) is 24.4. The van der Waals surface area contributed by atoms with E-state index in [-0.39, 0.29) is 0 Å². The van der Waals surface area contributed by atoms with Gasteiger partial charge in [-0.2, -0.15) is 0 Å². The highest BCUT2D eigenvalue weighted by atomic mass is 16.5. The first-order valence-electron chi connectivity index (χ1n) is 6.66. The molecule has 0 aliphatic rings. The average molecular weight is 277 g/mol. The molecule has 0 atom stereocenters. The van der Waals surface area contributed by atoms with Crippen LogP contribution in [-0.4, -0.2) is 0 Å². The number of benzene rings is 3. The predicted molar refractivity (Wildman–Crippen MR) is 83.9 cm³/mol. The van der Waals surface area contributed by atoms with Crippen molar-refractivity contribution in [1.29, 1.82) is 0 Å². The zero-order valence-electron chi connectivity index (χ0n) is 11.4. The third kappa shape index (κ3) is 3.54. The molecule has 0 radical (unpaired) electrons. The van der Waals surface area contributed by atoms with Crippen LogP contribution < -0.4 is 15.2 Å². The molecule has 0 bridgehead atoms. The van der Waals surface area contributed by atoms with E-state index in [0.29, 0.717) is 5.69 Å². The fraction of sp³-hybridized carbons (Fsp3) is 0. The van der Waals surface area contributed by atoms with E-state index in [4.69, 9.17) is 15.2 Å². The predicted octanol–water partition coefficient (Wildman–Crippen LogP) is 4.85. The maximum absolute atomic E-state index is 5.73. The highest BCUT2D eigenvalue weighted by molar-refractivity contribution is 5.43. The lowest BCUT2D eigenvalue weighted by molar-refractivity contribution is 0.469. The topological polar surface area (TPSA) is 44.5 Å². The second-order valence-corrected chi connectivity index (χ2v) is 4.56. The first kappa shape index (κ1) is 13.1. The molecular formula is C18H15NO2. The maximum atomic E-state index is 5.73. The van der Waals surface area contributed by atoms with Gasteiger partial charge in [0.2, 0.25) is 0 Å². The first-order valence-corrected chi connectivity index (χ1v) is 6.66. The zero-order valence-corrected chi connectivity index (χ0v) is 11.4. The SMILES string of the molecule is Nc1ccc(Oc2ccc(Oc3ccccc3)cc2)cc1. The molecule has 0 aromatic heterocycles. The fourth-order valence-electron chi connectivity index (χ4n) is 1.87. The summed E-state index contributed by atoms with van der Waals surface area (Å²) in [4.78, 5) is 0. The Morgan fingerprint density at radius 3 is 1.33 bits per heavy atom. The molecule has 104 valence electrons. The van der Waals surface area contributed by atoms with Gasteiger partial charge in [-0.15, -0.1) is 0 Å². The van der Waals surface area contributed by atoms with Gasteiger partial charge in [0.05, 0.1) is 0 Å². The van der Waals surface area contributed by atoms with Gasteiger partial charge in [0.25, 0.3) is 0 Å². The molecule has 0 unspecified atom stereocenters. The van der Waals surface area contributed by atoms with Gasteiger partial charge in [0.1, 0.15) is 23.0 Å². The Labute approximate surface area is 123 Å². The average Bonchev–Trinajstić information content (AvgIpc) is 2.53. The zero-order chi connectivity index (χ0) is 14.5. The molecule has 0 amide bonds. The molecule has 0 fully saturated rings. The van der Waals surface area contributed by atoms with Crippen molar-refractivity contribution in [2.75, 3.05) is 5.73 Å². The van der Waals surface area contributed by atoms with Crippen molar-refractivity contribution in [3.63, 3.8) is 0 Å². The van der Waals surface area contributed by atoms with E-state index in [1.54, 1.807) is 0 Å². The van der Waals surface area contributed by atoms with Crippen molar-refractivity contribution in [3.8, 4) is 23.0 Å². The molecule has 0 spiro atoms. The molecule has 0 aliphatic heterocycles. The van der Waals surface area contributed by atoms with E-state index in [9.17, 15) is 0 Å². The third-order valence-corrected chi connectivity index (χ3v) is 2.92.